The molecule has 2 heterocycles. The van der Waals surface area contributed by atoms with Crippen molar-refractivity contribution >= 4 is 15.8 Å². The number of ether oxygens (including phenoxy) is 1. The highest BCUT2D eigenvalue weighted by Gasteiger charge is 2.31. The Balaban J connectivity index is 1.68. The Morgan fingerprint density at radius 1 is 1.03 bits per heavy atom. The zero-order valence-corrected chi connectivity index (χ0v) is 18.5. The van der Waals surface area contributed by atoms with Crippen LogP contribution in [0.3, 0.4) is 0 Å². The topological polar surface area (TPSA) is 82.7 Å². The second-order valence-corrected chi connectivity index (χ2v) is 9.59. The van der Waals surface area contributed by atoms with Gasteiger partial charge in [0.1, 0.15) is 5.75 Å². The molecular formula is C21H29N3O4S. The lowest BCUT2D eigenvalue weighted by Crippen LogP contribution is -2.49. The van der Waals surface area contributed by atoms with E-state index < -0.39 is 10.0 Å². The molecule has 1 aromatic carbocycles. The first kappa shape index (κ1) is 21.5. The van der Waals surface area contributed by atoms with Gasteiger partial charge in [0.25, 0.3) is 0 Å². The van der Waals surface area contributed by atoms with Crippen LogP contribution in [0.25, 0.3) is 0 Å². The van der Waals surface area contributed by atoms with Gasteiger partial charge < -0.3 is 9.72 Å². The van der Waals surface area contributed by atoms with Crippen molar-refractivity contribution in [3.05, 3.63) is 46.3 Å². The van der Waals surface area contributed by atoms with Crippen molar-refractivity contribution in [2.75, 3.05) is 39.8 Å². The number of nitrogens with one attached hydrogen (secondary N) is 1. The summed E-state index contributed by atoms with van der Waals surface area (Å²) < 4.78 is 33.1. The van der Waals surface area contributed by atoms with Crippen molar-refractivity contribution in [2.24, 2.45) is 0 Å². The number of carbonyl (C=O) groups is 1. The number of H-pyrrole nitrogens is 1. The summed E-state index contributed by atoms with van der Waals surface area (Å²) in [6.45, 7) is 9.53. The minimum absolute atomic E-state index is 0.0600. The number of hydrogen-bond donors (Lipinski definition) is 1. The third-order valence-electron chi connectivity index (χ3n) is 5.46. The molecule has 29 heavy (non-hydrogen) atoms. The Morgan fingerprint density at radius 3 is 2.24 bits per heavy atom. The number of Topliss-reactive ketones (excluding diaryl/α,β-unsaturated/α-hetero) is 1. The lowest BCUT2D eigenvalue weighted by Gasteiger charge is -2.34. The zero-order valence-electron chi connectivity index (χ0n) is 17.7. The largest absolute Gasteiger partial charge is 0.496 e. The second-order valence-electron chi connectivity index (χ2n) is 7.68. The van der Waals surface area contributed by atoms with Gasteiger partial charge in [-0.25, -0.2) is 8.42 Å². The van der Waals surface area contributed by atoms with E-state index in [1.165, 1.54) is 4.31 Å². The number of rotatable bonds is 6. The number of aromatic nitrogens is 1. The van der Waals surface area contributed by atoms with Gasteiger partial charge in [-0.15, -0.1) is 0 Å². The van der Waals surface area contributed by atoms with E-state index in [0.717, 1.165) is 17.0 Å². The molecule has 8 heteroatoms. The van der Waals surface area contributed by atoms with E-state index in [4.69, 9.17) is 4.74 Å². The average molecular weight is 420 g/mol. The first-order valence-electron chi connectivity index (χ1n) is 9.70. The number of ketones is 1. The second kappa shape index (κ2) is 8.30. The van der Waals surface area contributed by atoms with Crippen molar-refractivity contribution in [1.82, 2.24) is 14.2 Å². The number of methoxy groups -OCH3 is 1. The maximum absolute atomic E-state index is 13.2. The molecule has 0 atom stereocenters. The number of benzene rings is 1. The van der Waals surface area contributed by atoms with Crippen LogP contribution in [-0.2, 0) is 10.0 Å². The van der Waals surface area contributed by atoms with Crippen molar-refractivity contribution in [2.45, 2.75) is 32.6 Å². The molecule has 0 radical (unpaired) electrons. The molecular weight excluding hydrogens is 390 g/mol. The monoisotopic (exact) mass is 419 g/mol. The molecule has 1 aliphatic rings. The molecule has 1 saturated heterocycles. The van der Waals surface area contributed by atoms with E-state index in [1.807, 2.05) is 31.7 Å². The van der Waals surface area contributed by atoms with Gasteiger partial charge >= 0.3 is 0 Å². The van der Waals surface area contributed by atoms with Crippen LogP contribution in [0.4, 0.5) is 0 Å². The quantitative estimate of drug-likeness (QED) is 0.728. The Morgan fingerprint density at radius 2 is 1.69 bits per heavy atom. The molecule has 0 bridgehead atoms. The van der Waals surface area contributed by atoms with Gasteiger partial charge in [0, 0.05) is 43.1 Å². The van der Waals surface area contributed by atoms with E-state index in [1.54, 1.807) is 26.2 Å². The van der Waals surface area contributed by atoms with Gasteiger partial charge in [-0.3, -0.25) is 9.69 Å². The Bertz CT molecular complexity index is 1020. The van der Waals surface area contributed by atoms with Gasteiger partial charge in [0.05, 0.1) is 18.6 Å². The average Bonchev–Trinajstić information content (AvgIpc) is 3.01. The summed E-state index contributed by atoms with van der Waals surface area (Å²) >= 11 is 0. The standard InChI is InChI=1S/C21H29N3O4S/c1-14-11-21(15(2)10-20(14)28-5)29(26,27)24-8-6-23(7-9-24)13-19(25)18-12-16(3)22-17(18)4/h10-12,22H,6-9,13H2,1-5H3. The third-order valence-corrected chi connectivity index (χ3v) is 7.50. The molecule has 3 rings (SSSR count). The first-order valence-corrected chi connectivity index (χ1v) is 11.1. The number of carbonyl (C=O) groups excluding carboxylic acids is 1. The molecule has 2 aromatic rings. The van der Waals surface area contributed by atoms with Crippen LogP contribution in [0.5, 0.6) is 5.75 Å². The molecule has 0 aliphatic carbocycles. The van der Waals surface area contributed by atoms with E-state index in [0.29, 0.717) is 54.5 Å². The summed E-state index contributed by atoms with van der Waals surface area (Å²) in [4.78, 5) is 18.1. The zero-order chi connectivity index (χ0) is 21.3. The first-order chi connectivity index (χ1) is 13.6. The highest BCUT2D eigenvalue weighted by molar-refractivity contribution is 7.89. The molecule has 1 N–H and O–H groups in total. The van der Waals surface area contributed by atoms with Crippen LogP contribution in [0, 0.1) is 27.7 Å². The summed E-state index contributed by atoms with van der Waals surface area (Å²) in [6, 6.07) is 5.31. The van der Waals surface area contributed by atoms with Gasteiger partial charge in [0.2, 0.25) is 10.0 Å². The van der Waals surface area contributed by atoms with Crippen LogP contribution < -0.4 is 4.74 Å². The molecule has 1 aliphatic heterocycles. The number of hydrogen-bond acceptors (Lipinski definition) is 5. The van der Waals surface area contributed by atoms with Crippen molar-refractivity contribution in [3.63, 3.8) is 0 Å². The molecule has 158 valence electrons. The van der Waals surface area contributed by atoms with Gasteiger partial charge in [-0.05, 0) is 57.0 Å². The number of nitrogens with zero attached hydrogens (tertiary/aromatic N) is 2. The molecule has 0 amide bonds. The van der Waals surface area contributed by atoms with Crippen LogP contribution >= 0.6 is 0 Å². The molecule has 0 saturated carbocycles. The lowest BCUT2D eigenvalue weighted by molar-refractivity contribution is 0.0901. The van der Waals surface area contributed by atoms with E-state index in [-0.39, 0.29) is 5.78 Å². The molecule has 0 spiro atoms. The normalized spacial score (nSPS) is 16.2. The predicted molar refractivity (Wildman–Crippen MR) is 112 cm³/mol. The number of aromatic amines is 1. The Kier molecular flexibility index (Phi) is 6.16. The molecule has 1 fully saturated rings. The van der Waals surface area contributed by atoms with E-state index >= 15 is 0 Å². The third kappa shape index (κ3) is 4.39. The SMILES string of the molecule is COc1cc(C)c(S(=O)(=O)N2CCN(CC(=O)c3cc(C)[nH]c3C)CC2)cc1C. The fraction of sp³-hybridized carbons (Fsp3) is 0.476. The van der Waals surface area contributed by atoms with Gasteiger partial charge in [-0.1, -0.05) is 0 Å². The highest BCUT2D eigenvalue weighted by Crippen LogP contribution is 2.28. The molecule has 0 unspecified atom stereocenters. The van der Waals surface area contributed by atoms with E-state index in [9.17, 15) is 13.2 Å². The summed E-state index contributed by atoms with van der Waals surface area (Å²) in [7, 11) is -2.01. The van der Waals surface area contributed by atoms with Crippen LogP contribution in [0.15, 0.2) is 23.1 Å². The summed E-state index contributed by atoms with van der Waals surface area (Å²) in [5, 5.41) is 0. The van der Waals surface area contributed by atoms with E-state index in [2.05, 4.69) is 4.98 Å². The van der Waals surface area contributed by atoms with Crippen LogP contribution in [0.1, 0.15) is 32.9 Å². The van der Waals surface area contributed by atoms with Gasteiger partial charge in [-0.2, -0.15) is 4.31 Å². The predicted octanol–water partition coefficient (Wildman–Crippen LogP) is 2.45. The number of piperazine rings is 1. The molecule has 1 aromatic heterocycles. The van der Waals surface area contributed by atoms with Crippen LogP contribution in [-0.4, -0.2) is 68.2 Å². The summed E-state index contributed by atoms with van der Waals surface area (Å²) in [5.41, 5.74) is 4.01. The van der Waals surface area contributed by atoms with Gasteiger partial charge in [0.15, 0.2) is 5.78 Å². The fourth-order valence-electron chi connectivity index (χ4n) is 3.83. The summed E-state index contributed by atoms with van der Waals surface area (Å²) in [6.07, 6.45) is 0. The van der Waals surface area contributed by atoms with Crippen molar-refractivity contribution in [3.8, 4) is 5.75 Å². The number of aryl methyl sites for hydroxylation is 4. The van der Waals surface area contributed by atoms with Crippen molar-refractivity contribution < 1.29 is 17.9 Å². The highest BCUT2D eigenvalue weighted by atomic mass is 32.2. The smallest absolute Gasteiger partial charge is 0.243 e. The minimum Gasteiger partial charge on any atom is -0.496 e. The van der Waals surface area contributed by atoms with Crippen molar-refractivity contribution in [1.29, 1.82) is 0 Å². The molecule has 7 nitrogen and oxygen atoms in total. The maximum atomic E-state index is 13.2. The lowest BCUT2D eigenvalue weighted by atomic mass is 10.1. The van der Waals surface area contributed by atoms with Crippen LogP contribution in [0.2, 0.25) is 0 Å². The summed E-state index contributed by atoms with van der Waals surface area (Å²) in [5.74, 6) is 0.741. The Hall–Kier alpha value is -2.16. The Labute approximate surface area is 172 Å². The number of sulfonamides is 1. The fourth-order valence-corrected chi connectivity index (χ4v) is 5.54. The minimum atomic E-state index is -3.59. The maximum Gasteiger partial charge on any atom is 0.243 e.